The van der Waals surface area contributed by atoms with E-state index in [9.17, 15) is 9.90 Å². The topological polar surface area (TPSA) is 58.6 Å². The molecular weight excluding hydrogens is 290 g/mol. The molecule has 0 aliphatic heterocycles. The predicted octanol–water partition coefficient (Wildman–Crippen LogP) is 3.27. The normalized spacial score (nSPS) is 21.1. The molecule has 0 saturated heterocycles. The van der Waals surface area contributed by atoms with Gasteiger partial charge in [0.1, 0.15) is 5.75 Å². The van der Waals surface area contributed by atoms with Gasteiger partial charge in [-0.15, -0.1) is 0 Å². The molecule has 0 heterocycles. The average molecular weight is 313 g/mol. The van der Waals surface area contributed by atoms with Crippen LogP contribution in [-0.4, -0.2) is 29.8 Å². The van der Waals surface area contributed by atoms with E-state index in [4.69, 9.17) is 4.74 Å². The molecule has 2 aromatic carbocycles. The monoisotopic (exact) mass is 313 g/mol. The maximum atomic E-state index is 12.9. The van der Waals surface area contributed by atoms with Crippen LogP contribution < -0.4 is 10.1 Å². The molecule has 122 valence electrons. The molecule has 0 spiro atoms. The fourth-order valence-electron chi connectivity index (χ4n) is 3.31. The lowest BCUT2D eigenvalue weighted by atomic mass is 9.92. The van der Waals surface area contributed by atoms with Gasteiger partial charge in [-0.05, 0) is 49.4 Å². The minimum atomic E-state index is -0.312. The molecular formula is C19H23NO3. The Morgan fingerprint density at radius 1 is 1.26 bits per heavy atom. The molecule has 2 aromatic rings. The third kappa shape index (κ3) is 3.48. The summed E-state index contributed by atoms with van der Waals surface area (Å²) in [6.45, 7) is 2.43. The van der Waals surface area contributed by atoms with Crippen LogP contribution in [0.3, 0.4) is 0 Å². The Bertz CT molecular complexity index is 698. The first kappa shape index (κ1) is 15.8. The number of carbonyl (C=O) groups is 1. The molecule has 1 aliphatic rings. The van der Waals surface area contributed by atoms with E-state index in [1.54, 1.807) is 0 Å². The molecule has 3 rings (SSSR count). The summed E-state index contributed by atoms with van der Waals surface area (Å²) in [6, 6.07) is 11.7. The number of amides is 1. The Morgan fingerprint density at radius 3 is 2.87 bits per heavy atom. The lowest BCUT2D eigenvalue weighted by Gasteiger charge is -2.27. The lowest BCUT2D eigenvalue weighted by Crippen LogP contribution is -2.40. The van der Waals surface area contributed by atoms with Crippen molar-refractivity contribution in [3.63, 3.8) is 0 Å². The fraction of sp³-hybridized carbons (Fsp3) is 0.421. The Balaban J connectivity index is 1.92. The van der Waals surface area contributed by atoms with E-state index in [0.29, 0.717) is 24.3 Å². The van der Waals surface area contributed by atoms with Crippen LogP contribution in [-0.2, 0) is 0 Å². The molecule has 0 unspecified atom stereocenters. The number of aliphatic hydroxyl groups excluding tert-OH is 1. The number of fused-ring (bicyclic) bond motifs is 1. The van der Waals surface area contributed by atoms with Gasteiger partial charge in [0.25, 0.3) is 5.91 Å². The van der Waals surface area contributed by atoms with Gasteiger partial charge in [-0.3, -0.25) is 4.79 Å². The minimum Gasteiger partial charge on any atom is -0.493 e. The van der Waals surface area contributed by atoms with Crippen molar-refractivity contribution < 1.29 is 14.6 Å². The molecule has 2 atom stereocenters. The van der Waals surface area contributed by atoms with Crippen molar-refractivity contribution in [2.45, 2.75) is 44.8 Å². The van der Waals surface area contributed by atoms with Crippen molar-refractivity contribution in [2.24, 2.45) is 0 Å². The number of aliphatic hydroxyl groups is 1. The van der Waals surface area contributed by atoms with Crippen molar-refractivity contribution in [2.75, 3.05) is 6.61 Å². The molecule has 0 bridgehead atoms. The SMILES string of the molecule is CCOc1ccc2ccccc2c1C(=O)N[C@H]1CCC[C@H](O)C1. The van der Waals surface area contributed by atoms with Gasteiger partial charge in [0, 0.05) is 6.04 Å². The summed E-state index contributed by atoms with van der Waals surface area (Å²) in [7, 11) is 0. The molecule has 1 amide bonds. The maximum absolute atomic E-state index is 12.9. The lowest BCUT2D eigenvalue weighted by molar-refractivity contribution is 0.0848. The third-order valence-electron chi connectivity index (χ3n) is 4.40. The Labute approximate surface area is 136 Å². The molecule has 1 fully saturated rings. The summed E-state index contributed by atoms with van der Waals surface area (Å²) >= 11 is 0. The molecule has 4 heteroatoms. The van der Waals surface area contributed by atoms with Gasteiger partial charge in [-0.1, -0.05) is 30.3 Å². The zero-order chi connectivity index (χ0) is 16.2. The van der Waals surface area contributed by atoms with E-state index < -0.39 is 0 Å². The third-order valence-corrected chi connectivity index (χ3v) is 4.40. The second kappa shape index (κ2) is 7.01. The summed E-state index contributed by atoms with van der Waals surface area (Å²) in [4.78, 5) is 12.9. The van der Waals surface area contributed by atoms with Gasteiger partial charge in [0.05, 0.1) is 18.3 Å². The minimum absolute atomic E-state index is 0.0275. The summed E-state index contributed by atoms with van der Waals surface area (Å²) in [6.07, 6.45) is 3.00. The molecule has 0 radical (unpaired) electrons. The predicted molar refractivity (Wildman–Crippen MR) is 90.8 cm³/mol. The number of benzene rings is 2. The van der Waals surface area contributed by atoms with E-state index in [1.807, 2.05) is 43.3 Å². The van der Waals surface area contributed by atoms with Crippen molar-refractivity contribution in [1.29, 1.82) is 0 Å². The van der Waals surface area contributed by atoms with Crippen molar-refractivity contribution >= 4 is 16.7 Å². The quantitative estimate of drug-likeness (QED) is 0.911. The largest absolute Gasteiger partial charge is 0.493 e. The smallest absolute Gasteiger partial charge is 0.255 e. The number of carbonyl (C=O) groups excluding carboxylic acids is 1. The van der Waals surface area contributed by atoms with E-state index >= 15 is 0 Å². The van der Waals surface area contributed by atoms with Crippen molar-refractivity contribution in [3.05, 3.63) is 42.0 Å². The van der Waals surface area contributed by atoms with Gasteiger partial charge in [0.15, 0.2) is 0 Å². The Kier molecular flexibility index (Phi) is 4.82. The van der Waals surface area contributed by atoms with Crippen LogP contribution in [0.15, 0.2) is 36.4 Å². The van der Waals surface area contributed by atoms with Crippen LogP contribution in [0.5, 0.6) is 5.75 Å². The number of ether oxygens (including phenoxy) is 1. The highest BCUT2D eigenvalue weighted by atomic mass is 16.5. The average Bonchev–Trinajstić information content (AvgIpc) is 2.54. The second-order valence-electron chi connectivity index (χ2n) is 6.08. The summed E-state index contributed by atoms with van der Waals surface area (Å²) in [5, 5.41) is 14.8. The van der Waals surface area contributed by atoms with E-state index in [2.05, 4.69) is 5.32 Å². The van der Waals surface area contributed by atoms with Gasteiger partial charge in [0.2, 0.25) is 0 Å². The number of hydrogen-bond donors (Lipinski definition) is 2. The second-order valence-corrected chi connectivity index (χ2v) is 6.08. The molecule has 1 saturated carbocycles. The van der Waals surface area contributed by atoms with Crippen LogP contribution in [0.1, 0.15) is 43.0 Å². The molecule has 1 aliphatic carbocycles. The first-order valence-corrected chi connectivity index (χ1v) is 8.32. The zero-order valence-electron chi connectivity index (χ0n) is 13.4. The van der Waals surface area contributed by atoms with Crippen LogP contribution in [0, 0.1) is 0 Å². The molecule has 4 nitrogen and oxygen atoms in total. The summed E-state index contributed by atoms with van der Waals surface area (Å²) in [5.74, 6) is 0.490. The van der Waals surface area contributed by atoms with E-state index in [1.165, 1.54) is 0 Å². The van der Waals surface area contributed by atoms with Gasteiger partial charge >= 0.3 is 0 Å². The Hall–Kier alpha value is -2.07. The van der Waals surface area contributed by atoms with Crippen LogP contribution in [0.25, 0.3) is 10.8 Å². The van der Waals surface area contributed by atoms with Gasteiger partial charge < -0.3 is 15.2 Å². The van der Waals surface area contributed by atoms with E-state index in [0.717, 1.165) is 30.0 Å². The molecule has 0 aromatic heterocycles. The fourth-order valence-corrected chi connectivity index (χ4v) is 3.31. The zero-order valence-corrected chi connectivity index (χ0v) is 13.4. The number of nitrogens with one attached hydrogen (secondary N) is 1. The number of rotatable bonds is 4. The number of hydrogen-bond acceptors (Lipinski definition) is 3. The van der Waals surface area contributed by atoms with Crippen LogP contribution in [0.4, 0.5) is 0 Å². The van der Waals surface area contributed by atoms with Crippen molar-refractivity contribution in [1.82, 2.24) is 5.32 Å². The van der Waals surface area contributed by atoms with Crippen LogP contribution in [0.2, 0.25) is 0 Å². The van der Waals surface area contributed by atoms with Crippen molar-refractivity contribution in [3.8, 4) is 5.75 Å². The van der Waals surface area contributed by atoms with Gasteiger partial charge in [-0.25, -0.2) is 0 Å². The first-order chi connectivity index (χ1) is 11.2. The maximum Gasteiger partial charge on any atom is 0.255 e. The first-order valence-electron chi connectivity index (χ1n) is 8.32. The van der Waals surface area contributed by atoms with E-state index in [-0.39, 0.29) is 18.1 Å². The summed E-state index contributed by atoms with van der Waals surface area (Å²) < 4.78 is 5.67. The highest BCUT2D eigenvalue weighted by Gasteiger charge is 2.24. The van der Waals surface area contributed by atoms with Crippen LogP contribution >= 0.6 is 0 Å². The standard InChI is InChI=1S/C19H23NO3/c1-2-23-17-11-10-13-6-3-4-9-16(13)18(17)19(22)20-14-7-5-8-15(21)12-14/h3-4,6,9-11,14-15,21H,2,5,7-8,12H2,1H3,(H,20,22)/t14-,15-/m0/s1. The molecule has 2 N–H and O–H groups in total. The highest BCUT2D eigenvalue weighted by Crippen LogP contribution is 2.29. The molecule has 23 heavy (non-hydrogen) atoms. The summed E-state index contributed by atoms with van der Waals surface area (Å²) in [5.41, 5.74) is 0.588. The highest BCUT2D eigenvalue weighted by molar-refractivity contribution is 6.09. The Morgan fingerprint density at radius 2 is 2.09 bits per heavy atom. The van der Waals surface area contributed by atoms with Gasteiger partial charge in [-0.2, -0.15) is 0 Å².